The zero-order valence-electron chi connectivity index (χ0n) is 27.6. The van der Waals surface area contributed by atoms with E-state index < -0.39 is 0 Å². The van der Waals surface area contributed by atoms with Gasteiger partial charge in [-0.3, -0.25) is 4.79 Å². The van der Waals surface area contributed by atoms with Crippen LogP contribution in [0.15, 0.2) is 85.2 Å². The highest BCUT2D eigenvalue weighted by atomic mass is 16.7. The topological polar surface area (TPSA) is 97.6 Å². The quantitative estimate of drug-likeness (QED) is 0.179. The van der Waals surface area contributed by atoms with Gasteiger partial charge in [-0.05, 0) is 46.4 Å². The van der Waals surface area contributed by atoms with Crippen molar-refractivity contribution in [1.29, 1.82) is 0 Å². The number of ether oxygens (including phenoxy) is 2. The summed E-state index contributed by atoms with van der Waals surface area (Å²) in [6.07, 6.45) is 5.97. The maximum absolute atomic E-state index is 13.2. The molecule has 0 radical (unpaired) electrons. The molecule has 0 saturated heterocycles. The summed E-state index contributed by atoms with van der Waals surface area (Å²) < 4.78 is 13.0. The van der Waals surface area contributed by atoms with Crippen LogP contribution < -0.4 is 19.7 Å². The largest absolute Gasteiger partial charge is 0.454 e. The van der Waals surface area contributed by atoms with Crippen LogP contribution in [0.5, 0.6) is 11.5 Å². The molecular formula is C37H41N7O3. The van der Waals surface area contributed by atoms with E-state index in [-0.39, 0.29) is 18.1 Å². The molecule has 0 spiro atoms. The number of nitrogens with one attached hydrogen (secondary N) is 1. The molecule has 1 aliphatic rings. The van der Waals surface area contributed by atoms with Gasteiger partial charge in [0.05, 0.1) is 6.33 Å². The van der Waals surface area contributed by atoms with Crippen molar-refractivity contribution in [3.05, 3.63) is 107 Å². The molecule has 3 heterocycles. The lowest BCUT2D eigenvalue weighted by Crippen LogP contribution is -2.35. The Kier molecular flexibility index (Phi) is 9.10. The summed E-state index contributed by atoms with van der Waals surface area (Å²) in [6.45, 7) is 8.87. The van der Waals surface area contributed by atoms with E-state index in [9.17, 15) is 4.79 Å². The number of carbonyl (C=O) groups is 1. The van der Waals surface area contributed by atoms with Crippen LogP contribution in [-0.4, -0.2) is 64.3 Å². The van der Waals surface area contributed by atoms with Gasteiger partial charge in [-0.2, -0.15) is 9.97 Å². The van der Waals surface area contributed by atoms with Gasteiger partial charge >= 0.3 is 0 Å². The Bertz CT molecular complexity index is 1880. The maximum atomic E-state index is 13.2. The van der Waals surface area contributed by atoms with Gasteiger partial charge in [-0.1, -0.05) is 81.5 Å². The summed E-state index contributed by atoms with van der Waals surface area (Å²) in [6, 6.07) is 24.0. The van der Waals surface area contributed by atoms with Crippen LogP contribution in [0.1, 0.15) is 47.8 Å². The summed E-state index contributed by atoms with van der Waals surface area (Å²) in [5, 5.41) is 3.47. The fourth-order valence-corrected chi connectivity index (χ4v) is 5.30. The standard InChI is InChI=1S/C37H41N7O3/c1-37(2,3)29-16-14-28(15-17-29)35(45)42(4)20-21-43(5)36-40-33(38-23-27-13-18-30-31(22-27)47-25-46-30)32-34(41-36)44(24-39-32)19-9-12-26-10-7-6-8-11-26/h6-18,22,24H,19-21,23,25H2,1-5H3,(H,38,40,41). The molecular weight excluding hydrogens is 590 g/mol. The molecule has 242 valence electrons. The normalized spacial score (nSPS) is 12.5. The second-order valence-electron chi connectivity index (χ2n) is 12.8. The molecule has 1 aliphatic heterocycles. The number of rotatable bonds is 11. The molecule has 10 nitrogen and oxygen atoms in total. The van der Waals surface area contributed by atoms with Crippen molar-refractivity contribution in [2.24, 2.45) is 0 Å². The van der Waals surface area contributed by atoms with Crippen molar-refractivity contribution in [1.82, 2.24) is 24.4 Å². The van der Waals surface area contributed by atoms with Crippen molar-refractivity contribution in [3.63, 3.8) is 0 Å². The Balaban J connectivity index is 1.20. The molecule has 5 aromatic rings. The molecule has 2 aromatic heterocycles. The molecule has 47 heavy (non-hydrogen) atoms. The second kappa shape index (κ2) is 13.5. The predicted molar refractivity (Wildman–Crippen MR) is 186 cm³/mol. The first-order valence-corrected chi connectivity index (χ1v) is 15.8. The molecule has 0 fully saturated rings. The molecule has 6 rings (SSSR count). The number of anilines is 2. The fourth-order valence-electron chi connectivity index (χ4n) is 5.30. The minimum absolute atomic E-state index is 0.0235. The van der Waals surface area contributed by atoms with Crippen LogP contribution in [0.25, 0.3) is 17.2 Å². The van der Waals surface area contributed by atoms with Gasteiger partial charge in [0.2, 0.25) is 12.7 Å². The van der Waals surface area contributed by atoms with Crippen molar-refractivity contribution in [2.75, 3.05) is 44.2 Å². The van der Waals surface area contributed by atoms with E-state index in [0.717, 1.165) is 28.3 Å². The maximum Gasteiger partial charge on any atom is 0.253 e. The Hall–Kier alpha value is -5.38. The number of likely N-dealkylation sites (N-methyl/N-ethyl adjacent to an activating group) is 2. The summed E-state index contributed by atoms with van der Waals surface area (Å²) in [5.74, 6) is 2.62. The average molecular weight is 632 g/mol. The van der Waals surface area contributed by atoms with Crippen LogP contribution in [0, 0.1) is 0 Å². The van der Waals surface area contributed by atoms with Gasteiger partial charge in [0.25, 0.3) is 5.91 Å². The number of carbonyl (C=O) groups excluding carboxylic acids is 1. The molecule has 0 atom stereocenters. The first-order chi connectivity index (χ1) is 22.7. The number of hydrogen-bond donors (Lipinski definition) is 1. The monoisotopic (exact) mass is 631 g/mol. The molecule has 0 aliphatic carbocycles. The van der Waals surface area contributed by atoms with E-state index in [1.54, 1.807) is 11.2 Å². The number of allylic oxidation sites excluding steroid dienone is 1. The third-order valence-electron chi connectivity index (χ3n) is 8.22. The summed E-state index contributed by atoms with van der Waals surface area (Å²) in [5.41, 5.74) is 5.45. The van der Waals surface area contributed by atoms with E-state index >= 15 is 0 Å². The highest BCUT2D eigenvalue weighted by Crippen LogP contribution is 2.33. The second-order valence-corrected chi connectivity index (χ2v) is 12.8. The minimum Gasteiger partial charge on any atom is -0.454 e. The van der Waals surface area contributed by atoms with Crippen molar-refractivity contribution in [3.8, 4) is 11.5 Å². The number of imidazole rings is 1. The number of nitrogens with zero attached hydrogens (tertiary/aromatic N) is 6. The summed E-state index contributed by atoms with van der Waals surface area (Å²) in [4.78, 5) is 31.4. The van der Waals surface area contributed by atoms with E-state index in [4.69, 9.17) is 24.4 Å². The highest BCUT2D eigenvalue weighted by Gasteiger charge is 2.19. The van der Waals surface area contributed by atoms with Gasteiger partial charge in [0.1, 0.15) is 0 Å². The lowest BCUT2D eigenvalue weighted by Gasteiger charge is -2.23. The zero-order chi connectivity index (χ0) is 33.0. The number of benzene rings is 3. The van der Waals surface area contributed by atoms with Crippen LogP contribution >= 0.6 is 0 Å². The average Bonchev–Trinajstić information content (AvgIpc) is 3.72. The van der Waals surface area contributed by atoms with Crippen molar-refractivity contribution in [2.45, 2.75) is 39.3 Å². The predicted octanol–water partition coefficient (Wildman–Crippen LogP) is 6.39. The first-order valence-electron chi connectivity index (χ1n) is 15.8. The number of amides is 1. The van der Waals surface area contributed by atoms with E-state index in [0.29, 0.717) is 49.0 Å². The fraction of sp³-hybridized carbons (Fsp3) is 0.297. The van der Waals surface area contributed by atoms with Crippen LogP contribution in [0.3, 0.4) is 0 Å². The smallest absolute Gasteiger partial charge is 0.253 e. The molecule has 0 bridgehead atoms. The summed E-state index contributed by atoms with van der Waals surface area (Å²) >= 11 is 0. The molecule has 1 N–H and O–H groups in total. The lowest BCUT2D eigenvalue weighted by molar-refractivity contribution is 0.0798. The lowest BCUT2D eigenvalue weighted by atomic mass is 9.86. The third kappa shape index (κ3) is 7.38. The number of hydrogen-bond acceptors (Lipinski definition) is 8. The minimum atomic E-state index is -0.0235. The number of fused-ring (bicyclic) bond motifs is 2. The van der Waals surface area contributed by atoms with Crippen LogP contribution in [0.2, 0.25) is 0 Å². The van der Waals surface area contributed by atoms with Crippen molar-refractivity contribution >= 4 is 34.9 Å². The zero-order valence-corrected chi connectivity index (χ0v) is 27.6. The van der Waals surface area contributed by atoms with Crippen molar-refractivity contribution < 1.29 is 14.3 Å². The van der Waals surface area contributed by atoms with E-state index in [1.807, 2.05) is 84.2 Å². The van der Waals surface area contributed by atoms with Gasteiger partial charge in [0, 0.05) is 45.8 Å². The highest BCUT2D eigenvalue weighted by molar-refractivity contribution is 5.94. The first kappa shape index (κ1) is 31.6. The molecule has 0 saturated carbocycles. The Morgan fingerprint density at radius 3 is 2.49 bits per heavy atom. The van der Waals surface area contributed by atoms with Gasteiger partial charge in [0.15, 0.2) is 28.5 Å². The van der Waals surface area contributed by atoms with E-state index in [2.05, 4.69) is 50.4 Å². The van der Waals surface area contributed by atoms with Crippen LogP contribution in [0.4, 0.5) is 11.8 Å². The Morgan fingerprint density at radius 2 is 1.72 bits per heavy atom. The van der Waals surface area contributed by atoms with Gasteiger partial charge < -0.3 is 29.2 Å². The Labute approximate surface area is 275 Å². The molecule has 1 amide bonds. The van der Waals surface area contributed by atoms with Crippen LogP contribution in [-0.2, 0) is 18.5 Å². The van der Waals surface area contributed by atoms with Gasteiger partial charge in [-0.15, -0.1) is 0 Å². The molecule has 10 heteroatoms. The summed E-state index contributed by atoms with van der Waals surface area (Å²) in [7, 11) is 3.76. The SMILES string of the molecule is CN(CCN(C)c1nc(NCc2ccc3c(c2)OCO3)c2ncn(CC=Cc3ccccc3)c2n1)C(=O)c1ccc(C(C)(C)C)cc1. The van der Waals surface area contributed by atoms with Gasteiger partial charge in [-0.25, -0.2) is 4.98 Å². The molecule has 3 aromatic carbocycles. The number of aromatic nitrogens is 4. The third-order valence-corrected chi connectivity index (χ3v) is 8.22. The molecule has 0 unspecified atom stereocenters. The Morgan fingerprint density at radius 1 is 0.957 bits per heavy atom. The van der Waals surface area contributed by atoms with E-state index in [1.165, 1.54) is 5.56 Å².